The molecule has 0 radical (unpaired) electrons. The summed E-state index contributed by atoms with van der Waals surface area (Å²) >= 11 is 0. The Morgan fingerprint density at radius 1 is 0.771 bits per heavy atom. The van der Waals surface area contributed by atoms with E-state index in [0.29, 0.717) is 40.5 Å². The highest BCUT2D eigenvalue weighted by molar-refractivity contribution is 5.79. The van der Waals surface area contributed by atoms with Gasteiger partial charge in [0.2, 0.25) is 0 Å². The average Bonchev–Trinajstić information content (AvgIpc) is 2.88. The summed E-state index contributed by atoms with van der Waals surface area (Å²) in [5, 5.41) is 0. The normalized spacial score (nSPS) is 8.57. The van der Waals surface area contributed by atoms with Crippen molar-refractivity contribution in [1.29, 1.82) is 0 Å². The van der Waals surface area contributed by atoms with Crippen LogP contribution >= 0.6 is 0 Å². The zero-order chi connectivity index (χ0) is 25.1. The lowest BCUT2D eigenvalue weighted by Gasteiger charge is -2.15. The zero-order valence-electron chi connectivity index (χ0n) is 19.5. The van der Waals surface area contributed by atoms with Gasteiger partial charge in [-0.15, -0.1) is 12.8 Å². The number of halogens is 1. The van der Waals surface area contributed by atoms with E-state index in [9.17, 15) is 4.39 Å². The minimum Gasteiger partial charge on any atom is -0.493 e. The van der Waals surface area contributed by atoms with Crippen LogP contribution in [0.3, 0.4) is 0 Å². The highest BCUT2D eigenvalue weighted by Gasteiger charge is 2.17. The van der Waals surface area contributed by atoms with E-state index in [1.54, 1.807) is 36.4 Å². The second-order valence-corrected chi connectivity index (χ2v) is 6.98. The van der Waals surface area contributed by atoms with Crippen molar-refractivity contribution in [2.24, 2.45) is 0 Å². The van der Waals surface area contributed by atoms with Crippen molar-refractivity contribution in [2.75, 3.05) is 6.61 Å². The van der Waals surface area contributed by atoms with Gasteiger partial charge >= 0.3 is 0 Å². The van der Waals surface area contributed by atoms with Crippen molar-refractivity contribution in [3.8, 4) is 101 Å². The molecule has 0 saturated heterocycles. The summed E-state index contributed by atoms with van der Waals surface area (Å²) in [6.07, 6.45) is 19.5. The molecule has 0 aliphatic heterocycles. The van der Waals surface area contributed by atoms with Crippen molar-refractivity contribution in [3.63, 3.8) is 0 Å². The number of unbranched alkanes of at least 4 members (excludes halogenated alkanes) is 3. The van der Waals surface area contributed by atoms with Crippen LogP contribution < -0.4 is 14.2 Å². The van der Waals surface area contributed by atoms with Gasteiger partial charge in [-0.25, -0.2) is 4.39 Å². The Kier molecular flexibility index (Phi) is 12.0. The van der Waals surface area contributed by atoms with Gasteiger partial charge in [0.1, 0.15) is 24.6 Å². The maximum Gasteiger partial charge on any atom is 0.155 e. The Morgan fingerprint density at radius 2 is 1.37 bits per heavy atom. The molecule has 0 saturated carbocycles. The molecule has 0 bridgehead atoms. The molecule has 4 heteroatoms. The van der Waals surface area contributed by atoms with E-state index in [2.05, 4.69) is 66.5 Å². The summed E-state index contributed by atoms with van der Waals surface area (Å²) in [5.74, 6) is 20.4. The maximum absolute atomic E-state index is 13.0. The molecule has 0 amide bonds. The largest absolute Gasteiger partial charge is 0.493 e. The SMILES string of the molecule is C#CC#CC#COc1cc(OCCCCCC)cc(OC#CC#CC#C)c1-c1ccc(CF)cc1. The lowest BCUT2D eigenvalue weighted by atomic mass is 10.0. The second kappa shape index (κ2) is 15.9. The molecule has 0 heterocycles. The van der Waals surface area contributed by atoms with Crippen molar-refractivity contribution in [3.05, 3.63) is 42.0 Å². The molecule has 0 atom stereocenters. The summed E-state index contributed by atoms with van der Waals surface area (Å²) in [6, 6.07) is 10.3. The van der Waals surface area contributed by atoms with E-state index in [1.807, 2.05) is 0 Å². The molecule has 2 aromatic rings. The van der Waals surface area contributed by atoms with Crippen LogP contribution in [0.25, 0.3) is 11.1 Å². The predicted octanol–water partition coefficient (Wildman–Crippen LogP) is 5.73. The first-order valence-corrected chi connectivity index (χ1v) is 10.9. The van der Waals surface area contributed by atoms with E-state index >= 15 is 0 Å². The molecule has 3 nitrogen and oxygen atoms in total. The van der Waals surface area contributed by atoms with Crippen LogP contribution in [0.5, 0.6) is 17.2 Å². The summed E-state index contributed by atoms with van der Waals surface area (Å²) in [5.41, 5.74) is 1.79. The molecule has 0 N–H and O–H groups in total. The minimum atomic E-state index is -0.573. The van der Waals surface area contributed by atoms with Gasteiger partial charge in [0.15, 0.2) is 11.5 Å². The van der Waals surface area contributed by atoms with Gasteiger partial charge in [-0.2, -0.15) is 0 Å². The zero-order valence-corrected chi connectivity index (χ0v) is 19.5. The number of terminal acetylenes is 2. The fourth-order valence-electron chi connectivity index (χ4n) is 2.92. The quantitative estimate of drug-likeness (QED) is 0.333. The molecule has 2 rings (SSSR count). The van der Waals surface area contributed by atoms with Gasteiger partial charge < -0.3 is 14.2 Å². The number of hydrogen-bond acceptors (Lipinski definition) is 3. The smallest absolute Gasteiger partial charge is 0.155 e. The van der Waals surface area contributed by atoms with Gasteiger partial charge in [-0.05, 0) is 41.2 Å². The van der Waals surface area contributed by atoms with Gasteiger partial charge in [0.05, 0.1) is 12.2 Å². The monoisotopic (exact) mass is 462 g/mol. The Hall–Kier alpha value is -4.87. The molecule has 0 aliphatic rings. The number of benzene rings is 2. The molecule has 35 heavy (non-hydrogen) atoms. The molecule has 0 aromatic heterocycles. The average molecular weight is 463 g/mol. The van der Waals surface area contributed by atoms with Crippen LogP contribution in [-0.2, 0) is 6.67 Å². The molecular weight excluding hydrogens is 439 g/mol. The maximum atomic E-state index is 13.0. The third-order valence-electron chi connectivity index (χ3n) is 4.52. The van der Waals surface area contributed by atoms with E-state index in [-0.39, 0.29) is 0 Å². The molecule has 172 valence electrons. The summed E-state index contributed by atoms with van der Waals surface area (Å²) in [4.78, 5) is 0. The van der Waals surface area contributed by atoms with Gasteiger partial charge in [-0.1, -0.05) is 50.5 Å². The number of alkyl halides is 1. The van der Waals surface area contributed by atoms with Crippen LogP contribution in [0.15, 0.2) is 36.4 Å². The number of rotatable bonds is 10. The Morgan fingerprint density at radius 3 is 1.89 bits per heavy atom. The molecule has 2 aromatic carbocycles. The second-order valence-electron chi connectivity index (χ2n) is 6.98. The van der Waals surface area contributed by atoms with Crippen LogP contribution in [0.4, 0.5) is 4.39 Å². The molecular formula is C31H23FO3. The molecule has 0 aliphatic carbocycles. The van der Waals surface area contributed by atoms with E-state index in [0.717, 1.165) is 25.7 Å². The highest BCUT2D eigenvalue weighted by atomic mass is 19.1. The number of hydrogen-bond donors (Lipinski definition) is 0. The summed E-state index contributed by atoms with van der Waals surface area (Å²) in [7, 11) is 0. The fraction of sp³-hybridized carbons (Fsp3) is 0.226. The van der Waals surface area contributed by atoms with E-state index < -0.39 is 6.67 Å². The topological polar surface area (TPSA) is 27.7 Å². The van der Waals surface area contributed by atoms with Crippen molar-refractivity contribution >= 4 is 0 Å². The number of ether oxygens (including phenoxy) is 3. The van der Waals surface area contributed by atoms with Crippen LogP contribution in [0.1, 0.15) is 38.2 Å². The van der Waals surface area contributed by atoms with Crippen LogP contribution in [0, 0.1) is 72.4 Å². The lowest BCUT2D eigenvalue weighted by Crippen LogP contribution is -2.00. The van der Waals surface area contributed by atoms with E-state index in [1.165, 1.54) is 0 Å². The lowest BCUT2D eigenvalue weighted by molar-refractivity contribution is 0.302. The van der Waals surface area contributed by atoms with Crippen molar-refractivity contribution in [2.45, 2.75) is 39.3 Å². The first-order chi connectivity index (χ1) is 17.2. The van der Waals surface area contributed by atoms with E-state index in [4.69, 9.17) is 27.1 Å². The van der Waals surface area contributed by atoms with Crippen LogP contribution in [0.2, 0.25) is 0 Å². The Balaban J connectivity index is 2.53. The van der Waals surface area contributed by atoms with Gasteiger partial charge in [0, 0.05) is 35.8 Å². The van der Waals surface area contributed by atoms with Crippen molar-refractivity contribution in [1.82, 2.24) is 0 Å². The van der Waals surface area contributed by atoms with Crippen LogP contribution in [-0.4, -0.2) is 6.61 Å². The van der Waals surface area contributed by atoms with Gasteiger partial charge in [-0.3, -0.25) is 0 Å². The third-order valence-corrected chi connectivity index (χ3v) is 4.52. The fourth-order valence-corrected chi connectivity index (χ4v) is 2.92. The van der Waals surface area contributed by atoms with Gasteiger partial charge in [0.25, 0.3) is 0 Å². The summed E-state index contributed by atoms with van der Waals surface area (Å²) < 4.78 is 30.4. The minimum absolute atomic E-state index is 0.352. The third kappa shape index (κ3) is 9.26. The molecule has 0 unspecified atom stereocenters. The Labute approximate surface area is 207 Å². The highest BCUT2D eigenvalue weighted by Crippen LogP contribution is 2.42. The van der Waals surface area contributed by atoms with Crippen molar-refractivity contribution < 1.29 is 18.6 Å². The Bertz CT molecular complexity index is 1250. The molecule has 0 fully saturated rings. The molecule has 0 spiro atoms. The summed E-state index contributed by atoms with van der Waals surface area (Å²) in [6.45, 7) is 2.11. The first-order valence-electron chi connectivity index (χ1n) is 10.9. The standard InChI is InChI=1S/C31H23FO3/c1-4-7-10-13-20-33-28-23-29(34-21-14-11-8-5-2)31(27-18-16-26(25-32)17-19-27)30(24-28)35-22-15-12-9-6-3/h2-3,16-19,23-24H,4,7,10,13,20,25H2,1H3. The first kappa shape index (κ1) is 26.4. The predicted molar refractivity (Wildman–Crippen MR) is 136 cm³/mol.